The number of alkyl halides is 1. The molecule has 0 saturated heterocycles. The predicted octanol–water partition coefficient (Wildman–Crippen LogP) is 0.919. The van der Waals surface area contributed by atoms with Gasteiger partial charge in [-0.15, -0.1) is 0 Å². The third kappa shape index (κ3) is 3.44. The number of nitrogens with one attached hydrogen (secondary N) is 2. The van der Waals surface area contributed by atoms with E-state index < -0.39 is 0 Å². The van der Waals surface area contributed by atoms with Gasteiger partial charge in [-0.1, -0.05) is 29.8 Å². The van der Waals surface area contributed by atoms with Crippen LogP contribution in [-0.4, -0.2) is 27.5 Å². The van der Waals surface area contributed by atoms with Crippen molar-refractivity contribution in [2.24, 2.45) is 5.92 Å². The predicted molar refractivity (Wildman–Crippen MR) is 64.7 cm³/mol. The molecule has 0 aliphatic heterocycles. The van der Waals surface area contributed by atoms with Gasteiger partial charge in [0, 0.05) is 17.4 Å². The van der Waals surface area contributed by atoms with Crippen LogP contribution in [0.3, 0.4) is 0 Å². The van der Waals surface area contributed by atoms with Crippen molar-refractivity contribution < 1.29 is 4.79 Å². The van der Waals surface area contributed by atoms with Gasteiger partial charge in [-0.25, -0.2) is 5.10 Å². The molecule has 0 spiro atoms. The highest BCUT2D eigenvalue weighted by Gasteiger charge is 2.16. The molecule has 6 heteroatoms. The Morgan fingerprint density at radius 3 is 2.69 bits per heavy atom. The number of rotatable bonds is 4. The number of amides is 1. The van der Waals surface area contributed by atoms with Crippen LogP contribution in [0.5, 0.6) is 0 Å². The van der Waals surface area contributed by atoms with Gasteiger partial charge in [0.15, 0.2) is 0 Å². The smallest absolute Gasteiger partial charge is 0.271 e. The fraction of sp³-hybridized carbons (Fsp3) is 0.500. The highest BCUT2D eigenvalue weighted by Crippen LogP contribution is 2.05. The maximum Gasteiger partial charge on any atom is 0.271 e. The van der Waals surface area contributed by atoms with E-state index in [1.165, 1.54) is 12.1 Å². The lowest BCUT2D eigenvalue weighted by molar-refractivity contribution is 0.0925. The van der Waals surface area contributed by atoms with Gasteiger partial charge in [0.2, 0.25) is 0 Å². The van der Waals surface area contributed by atoms with Crippen LogP contribution in [0.4, 0.5) is 0 Å². The molecule has 1 rings (SSSR count). The number of aromatic nitrogens is 2. The van der Waals surface area contributed by atoms with E-state index in [0.29, 0.717) is 11.2 Å². The van der Waals surface area contributed by atoms with Crippen molar-refractivity contribution >= 4 is 21.8 Å². The van der Waals surface area contributed by atoms with Crippen LogP contribution < -0.4 is 10.9 Å². The largest absolute Gasteiger partial charge is 0.347 e. The summed E-state index contributed by atoms with van der Waals surface area (Å²) >= 11 is 3.34. The summed E-state index contributed by atoms with van der Waals surface area (Å²) in [7, 11) is 0. The van der Waals surface area contributed by atoms with Gasteiger partial charge < -0.3 is 5.32 Å². The molecule has 5 nitrogen and oxygen atoms in total. The molecule has 1 aromatic heterocycles. The molecule has 0 radical (unpaired) electrons. The number of halogens is 1. The average molecular weight is 288 g/mol. The monoisotopic (exact) mass is 287 g/mol. The highest BCUT2D eigenvalue weighted by molar-refractivity contribution is 9.09. The zero-order valence-electron chi connectivity index (χ0n) is 9.16. The first-order chi connectivity index (χ1) is 7.54. The number of nitrogens with zero attached hydrogens (tertiary/aromatic N) is 1. The molecule has 0 aromatic carbocycles. The Kier molecular flexibility index (Phi) is 4.67. The fourth-order valence-electron chi connectivity index (χ4n) is 1.10. The van der Waals surface area contributed by atoms with E-state index in [9.17, 15) is 9.59 Å². The molecule has 0 bridgehead atoms. The maximum absolute atomic E-state index is 11.7. The molecule has 0 fully saturated rings. The lowest BCUT2D eigenvalue weighted by Gasteiger charge is -2.19. The summed E-state index contributed by atoms with van der Waals surface area (Å²) in [6.07, 6.45) is 0. The number of H-pyrrole nitrogens is 1. The van der Waals surface area contributed by atoms with Crippen LogP contribution >= 0.6 is 15.9 Å². The van der Waals surface area contributed by atoms with E-state index in [4.69, 9.17) is 0 Å². The van der Waals surface area contributed by atoms with Crippen LogP contribution in [-0.2, 0) is 0 Å². The molecule has 1 amide bonds. The topological polar surface area (TPSA) is 74.8 Å². The quantitative estimate of drug-likeness (QED) is 0.809. The summed E-state index contributed by atoms with van der Waals surface area (Å²) in [5.41, 5.74) is -0.108. The Morgan fingerprint density at radius 2 is 2.25 bits per heavy atom. The molecule has 16 heavy (non-hydrogen) atoms. The summed E-state index contributed by atoms with van der Waals surface area (Å²) in [5.74, 6) is 0.0421. The van der Waals surface area contributed by atoms with Crippen LogP contribution in [0.25, 0.3) is 0 Å². The minimum Gasteiger partial charge on any atom is -0.347 e. The van der Waals surface area contributed by atoms with Crippen LogP contribution in [0, 0.1) is 5.92 Å². The van der Waals surface area contributed by atoms with Crippen LogP contribution in [0.15, 0.2) is 16.9 Å². The van der Waals surface area contributed by atoms with E-state index >= 15 is 0 Å². The summed E-state index contributed by atoms with van der Waals surface area (Å²) in [6, 6.07) is 2.72. The van der Waals surface area contributed by atoms with Crippen molar-refractivity contribution in [3.05, 3.63) is 28.2 Å². The first kappa shape index (κ1) is 12.9. The van der Waals surface area contributed by atoms with Gasteiger partial charge in [0.1, 0.15) is 5.69 Å². The van der Waals surface area contributed by atoms with Gasteiger partial charge in [-0.05, 0) is 12.0 Å². The molecular weight excluding hydrogens is 274 g/mol. The third-order valence-corrected chi connectivity index (χ3v) is 2.90. The average Bonchev–Trinajstić information content (AvgIpc) is 2.26. The second kappa shape index (κ2) is 5.79. The standard InChI is InChI=1S/C10H14BrN3O2/c1-6(2)8(5-11)12-10(16)7-3-4-9(15)14-13-7/h3-4,6,8H,5H2,1-2H3,(H,12,16)(H,14,15). The normalized spacial score (nSPS) is 12.5. The summed E-state index contributed by atoms with van der Waals surface area (Å²) in [6.45, 7) is 4.04. The van der Waals surface area contributed by atoms with Gasteiger partial charge >= 0.3 is 0 Å². The van der Waals surface area contributed by atoms with Crippen molar-refractivity contribution in [3.8, 4) is 0 Å². The molecule has 0 aliphatic rings. The highest BCUT2D eigenvalue weighted by atomic mass is 79.9. The zero-order chi connectivity index (χ0) is 12.1. The van der Waals surface area contributed by atoms with Crippen molar-refractivity contribution in [3.63, 3.8) is 0 Å². The Balaban J connectivity index is 2.71. The van der Waals surface area contributed by atoms with E-state index in [-0.39, 0.29) is 23.2 Å². The van der Waals surface area contributed by atoms with Crippen molar-refractivity contribution in [1.82, 2.24) is 15.5 Å². The van der Waals surface area contributed by atoms with Crippen molar-refractivity contribution in [2.75, 3.05) is 5.33 Å². The molecular formula is C10H14BrN3O2. The van der Waals surface area contributed by atoms with Gasteiger partial charge in [0.05, 0.1) is 0 Å². The minimum atomic E-state index is -0.322. The lowest BCUT2D eigenvalue weighted by atomic mass is 10.1. The van der Waals surface area contributed by atoms with Crippen molar-refractivity contribution in [2.45, 2.75) is 19.9 Å². The van der Waals surface area contributed by atoms with E-state index in [1.807, 2.05) is 13.8 Å². The molecule has 1 aromatic rings. The Morgan fingerprint density at radius 1 is 1.56 bits per heavy atom. The fourth-order valence-corrected chi connectivity index (χ4v) is 2.01. The Hall–Kier alpha value is -1.17. The summed E-state index contributed by atoms with van der Waals surface area (Å²) < 4.78 is 0. The summed E-state index contributed by atoms with van der Waals surface area (Å²) in [4.78, 5) is 22.5. The van der Waals surface area contributed by atoms with Crippen molar-refractivity contribution in [1.29, 1.82) is 0 Å². The molecule has 1 unspecified atom stereocenters. The molecule has 2 N–H and O–H groups in total. The summed E-state index contributed by atoms with van der Waals surface area (Å²) in [5, 5.41) is 9.40. The first-order valence-electron chi connectivity index (χ1n) is 4.97. The van der Waals surface area contributed by atoms with Gasteiger partial charge in [-0.3, -0.25) is 9.59 Å². The van der Waals surface area contributed by atoms with E-state index in [0.717, 1.165) is 0 Å². The third-order valence-electron chi connectivity index (χ3n) is 2.20. The SMILES string of the molecule is CC(C)C(CBr)NC(=O)c1ccc(=O)[nH]n1. The lowest BCUT2D eigenvalue weighted by Crippen LogP contribution is -2.40. The van der Waals surface area contributed by atoms with Gasteiger partial charge in [0.25, 0.3) is 11.5 Å². The van der Waals surface area contributed by atoms with Crippen LogP contribution in [0.1, 0.15) is 24.3 Å². The van der Waals surface area contributed by atoms with E-state index in [1.54, 1.807) is 0 Å². The second-order valence-corrected chi connectivity index (χ2v) is 4.43. The Bertz CT molecular complexity index is 396. The van der Waals surface area contributed by atoms with E-state index in [2.05, 4.69) is 31.4 Å². The molecule has 1 atom stereocenters. The number of hydrogen-bond acceptors (Lipinski definition) is 3. The Labute approximate surface area is 102 Å². The molecule has 0 aliphatic carbocycles. The van der Waals surface area contributed by atoms with Crippen LogP contribution in [0.2, 0.25) is 0 Å². The number of carbonyl (C=O) groups excluding carboxylic acids is 1. The number of carbonyl (C=O) groups is 1. The zero-order valence-corrected chi connectivity index (χ0v) is 10.7. The maximum atomic E-state index is 11.7. The number of hydrogen-bond donors (Lipinski definition) is 2. The molecule has 0 saturated carbocycles. The number of aromatic amines is 1. The second-order valence-electron chi connectivity index (χ2n) is 3.78. The first-order valence-corrected chi connectivity index (χ1v) is 6.09. The molecule has 88 valence electrons. The minimum absolute atomic E-state index is 0.0428. The molecule has 1 heterocycles. The van der Waals surface area contributed by atoms with Gasteiger partial charge in [-0.2, -0.15) is 5.10 Å².